The predicted molar refractivity (Wildman–Crippen MR) is 144 cm³/mol. The first-order valence-corrected chi connectivity index (χ1v) is 13.4. The Hall–Kier alpha value is -3.57. The third kappa shape index (κ3) is 4.76. The largest absolute Gasteiger partial charge is 0.462 e. The van der Waals surface area contributed by atoms with E-state index in [4.69, 9.17) is 14.2 Å². The summed E-state index contributed by atoms with van der Waals surface area (Å²) in [5.74, 6) is 1.45. The highest BCUT2D eigenvalue weighted by Gasteiger charge is 2.39. The number of hydrogen-bond donors (Lipinski definition) is 0. The molecule has 5 nitrogen and oxygen atoms in total. The van der Waals surface area contributed by atoms with Crippen molar-refractivity contribution in [3.63, 3.8) is 0 Å². The minimum absolute atomic E-state index is 0.253. The van der Waals surface area contributed by atoms with Crippen molar-refractivity contribution in [3.8, 4) is 11.5 Å². The van der Waals surface area contributed by atoms with Crippen molar-refractivity contribution < 1.29 is 19.0 Å². The summed E-state index contributed by atoms with van der Waals surface area (Å²) in [5, 5.41) is 0. The van der Waals surface area contributed by atoms with Crippen LogP contribution in [0, 0.1) is 0 Å². The number of hydrogen-bond acceptors (Lipinski definition) is 5. The lowest BCUT2D eigenvalue weighted by atomic mass is 9.84. The smallest absolute Gasteiger partial charge is 0.338 e. The summed E-state index contributed by atoms with van der Waals surface area (Å²) in [6, 6.07) is 25.8. The lowest BCUT2D eigenvalue weighted by Gasteiger charge is -2.37. The van der Waals surface area contributed by atoms with Gasteiger partial charge in [0.05, 0.1) is 12.2 Å². The van der Waals surface area contributed by atoms with Gasteiger partial charge in [0.15, 0.2) is 11.5 Å². The van der Waals surface area contributed by atoms with Crippen LogP contribution in [0.4, 0.5) is 0 Å². The van der Waals surface area contributed by atoms with Crippen LogP contribution in [-0.2, 0) is 11.2 Å². The van der Waals surface area contributed by atoms with E-state index in [-0.39, 0.29) is 5.97 Å². The van der Waals surface area contributed by atoms with Crippen molar-refractivity contribution in [1.29, 1.82) is 0 Å². The van der Waals surface area contributed by atoms with E-state index in [1.807, 2.05) is 37.3 Å². The quantitative estimate of drug-likeness (QED) is 0.362. The molecule has 2 bridgehead atoms. The van der Waals surface area contributed by atoms with Gasteiger partial charge in [-0.2, -0.15) is 0 Å². The Bertz CT molecular complexity index is 1300. The van der Waals surface area contributed by atoms with Crippen LogP contribution in [0.5, 0.6) is 11.5 Å². The Morgan fingerprint density at radius 2 is 1.59 bits per heavy atom. The lowest BCUT2D eigenvalue weighted by molar-refractivity contribution is 0.0526. The van der Waals surface area contributed by atoms with Crippen molar-refractivity contribution in [1.82, 2.24) is 4.90 Å². The number of carbonyl (C=O) groups is 1. The number of esters is 1. The number of ether oxygens (including phenoxy) is 3. The molecule has 0 aromatic heterocycles. The number of carbonyl (C=O) groups excluding carboxylic acids is 1. The first-order chi connectivity index (χ1) is 18.2. The molecule has 0 saturated carbocycles. The molecule has 6 rings (SSSR count). The molecule has 0 spiro atoms. The van der Waals surface area contributed by atoms with Crippen LogP contribution in [0.3, 0.4) is 0 Å². The molecule has 3 heterocycles. The van der Waals surface area contributed by atoms with Crippen molar-refractivity contribution in [2.75, 3.05) is 19.9 Å². The third-order valence-electron chi connectivity index (χ3n) is 7.94. The molecular formula is C32H33NO4. The summed E-state index contributed by atoms with van der Waals surface area (Å²) in [6.07, 6.45) is 5.49. The zero-order valence-corrected chi connectivity index (χ0v) is 21.3. The summed E-state index contributed by atoms with van der Waals surface area (Å²) < 4.78 is 16.5. The minimum atomic E-state index is -0.253. The molecule has 37 heavy (non-hydrogen) atoms. The Labute approximate surface area is 218 Å². The van der Waals surface area contributed by atoms with Crippen LogP contribution >= 0.6 is 0 Å². The molecular weight excluding hydrogens is 462 g/mol. The Morgan fingerprint density at radius 3 is 2.35 bits per heavy atom. The number of fused-ring (bicyclic) bond motifs is 3. The van der Waals surface area contributed by atoms with Crippen LogP contribution in [0.2, 0.25) is 0 Å². The molecule has 0 radical (unpaired) electrons. The van der Waals surface area contributed by atoms with Gasteiger partial charge in [-0.3, -0.25) is 4.90 Å². The molecule has 0 amide bonds. The standard InChI is InChI=1S/C32H33NO4/c1-2-35-32(34)28-11-7-6-10-27(28)31(23-8-4-3-5-9-23)24-19-25-13-14-26(20-24)33(25)17-16-22-12-15-29-30(18-22)37-21-36-29/h3-12,15,18,25-26H,2,13-14,16-17,19-21H2,1H3. The van der Waals surface area contributed by atoms with Gasteiger partial charge in [0.25, 0.3) is 0 Å². The van der Waals surface area contributed by atoms with Crippen molar-refractivity contribution in [2.24, 2.45) is 0 Å². The van der Waals surface area contributed by atoms with Gasteiger partial charge in [0.2, 0.25) is 6.79 Å². The summed E-state index contributed by atoms with van der Waals surface area (Å²) in [5.41, 5.74) is 6.75. The normalized spacial score (nSPS) is 20.2. The molecule has 0 aliphatic carbocycles. The van der Waals surface area contributed by atoms with Crippen LogP contribution in [-0.4, -0.2) is 42.9 Å². The van der Waals surface area contributed by atoms with Gasteiger partial charge in [-0.1, -0.05) is 60.2 Å². The zero-order chi connectivity index (χ0) is 25.2. The first kappa shape index (κ1) is 23.8. The summed E-state index contributed by atoms with van der Waals surface area (Å²) >= 11 is 0. The Kier molecular flexibility index (Phi) is 6.71. The molecule has 0 N–H and O–H groups in total. The van der Waals surface area contributed by atoms with Gasteiger partial charge in [-0.25, -0.2) is 4.79 Å². The highest BCUT2D eigenvalue weighted by Crippen LogP contribution is 2.43. The minimum Gasteiger partial charge on any atom is -0.462 e. The van der Waals surface area contributed by atoms with E-state index in [0.717, 1.165) is 42.9 Å². The summed E-state index contributed by atoms with van der Waals surface area (Å²) in [7, 11) is 0. The van der Waals surface area contributed by atoms with Crippen LogP contribution in [0.25, 0.3) is 5.57 Å². The van der Waals surface area contributed by atoms with E-state index in [0.29, 0.717) is 31.0 Å². The van der Waals surface area contributed by atoms with Gasteiger partial charge in [0, 0.05) is 18.6 Å². The maximum Gasteiger partial charge on any atom is 0.338 e. The second kappa shape index (κ2) is 10.4. The number of piperidine rings is 1. The van der Waals surface area contributed by atoms with Gasteiger partial charge in [-0.05, 0) is 79.5 Å². The molecule has 5 heteroatoms. The third-order valence-corrected chi connectivity index (χ3v) is 7.94. The second-order valence-corrected chi connectivity index (χ2v) is 10.1. The van der Waals surface area contributed by atoms with Gasteiger partial charge in [-0.15, -0.1) is 0 Å². The summed E-state index contributed by atoms with van der Waals surface area (Å²) in [6.45, 7) is 3.58. The number of nitrogens with zero attached hydrogens (tertiary/aromatic N) is 1. The van der Waals surface area contributed by atoms with E-state index >= 15 is 0 Å². The van der Waals surface area contributed by atoms with E-state index in [1.54, 1.807) is 0 Å². The maximum atomic E-state index is 12.9. The molecule has 2 fully saturated rings. The zero-order valence-electron chi connectivity index (χ0n) is 21.3. The van der Waals surface area contributed by atoms with Gasteiger partial charge < -0.3 is 14.2 Å². The highest BCUT2D eigenvalue weighted by atomic mass is 16.7. The van der Waals surface area contributed by atoms with Crippen molar-refractivity contribution in [3.05, 3.63) is 101 Å². The molecule has 3 aliphatic heterocycles. The van der Waals surface area contributed by atoms with E-state index in [1.165, 1.54) is 35.1 Å². The average Bonchev–Trinajstić information content (AvgIpc) is 3.49. The predicted octanol–water partition coefficient (Wildman–Crippen LogP) is 6.26. The average molecular weight is 496 g/mol. The molecule has 2 unspecified atom stereocenters. The van der Waals surface area contributed by atoms with Crippen LogP contribution < -0.4 is 9.47 Å². The van der Waals surface area contributed by atoms with Gasteiger partial charge in [0.1, 0.15) is 0 Å². The fourth-order valence-corrected chi connectivity index (χ4v) is 6.27. The molecule has 2 atom stereocenters. The van der Waals surface area contributed by atoms with E-state index < -0.39 is 0 Å². The molecule has 2 saturated heterocycles. The molecule has 3 aromatic carbocycles. The topological polar surface area (TPSA) is 48.0 Å². The second-order valence-electron chi connectivity index (χ2n) is 10.1. The number of rotatable bonds is 7. The first-order valence-electron chi connectivity index (χ1n) is 13.4. The Balaban J connectivity index is 1.29. The fourth-order valence-electron chi connectivity index (χ4n) is 6.27. The Morgan fingerprint density at radius 1 is 0.892 bits per heavy atom. The molecule has 3 aliphatic rings. The maximum absolute atomic E-state index is 12.9. The molecule has 3 aromatic rings. The van der Waals surface area contributed by atoms with Crippen molar-refractivity contribution >= 4 is 11.5 Å². The number of benzene rings is 3. The summed E-state index contributed by atoms with van der Waals surface area (Å²) in [4.78, 5) is 15.6. The monoisotopic (exact) mass is 495 g/mol. The lowest BCUT2D eigenvalue weighted by Crippen LogP contribution is -2.41. The van der Waals surface area contributed by atoms with Crippen molar-refractivity contribution in [2.45, 2.75) is 51.1 Å². The van der Waals surface area contributed by atoms with Crippen LogP contribution in [0.1, 0.15) is 59.7 Å². The van der Waals surface area contributed by atoms with Crippen LogP contribution in [0.15, 0.2) is 78.4 Å². The fraction of sp³-hybridized carbons (Fsp3) is 0.344. The molecule has 190 valence electrons. The highest BCUT2D eigenvalue weighted by molar-refractivity contribution is 5.98. The van der Waals surface area contributed by atoms with E-state index in [9.17, 15) is 4.79 Å². The SMILES string of the molecule is CCOC(=O)c1ccccc1C(=C1CC2CCC(C1)N2CCc1ccc2c(c1)OCO2)c1ccccc1. The van der Waals surface area contributed by atoms with E-state index in [2.05, 4.69) is 47.4 Å². The van der Waals surface area contributed by atoms with Gasteiger partial charge >= 0.3 is 5.97 Å².